The fourth-order valence-electron chi connectivity index (χ4n) is 2.27. The van der Waals surface area contributed by atoms with E-state index in [1.165, 1.54) is 11.3 Å². The first-order valence-corrected chi connectivity index (χ1v) is 6.31. The number of nitrogens with zero attached hydrogens (tertiary/aromatic N) is 2. The summed E-state index contributed by atoms with van der Waals surface area (Å²) in [6, 6.07) is 9.11. The number of rotatable bonds is 4. The maximum absolute atomic E-state index is 6.05. The predicted molar refractivity (Wildman–Crippen MR) is 70.6 cm³/mol. The minimum absolute atomic E-state index is 0.471. The molecule has 0 aliphatic carbocycles. The van der Waals surface area contributed by atoms with Crippen LogP contribution in [0.3, 0.4) is 0 Å². The Morgan fingerprint density at radius 3 is 2.81 bits per heavy atom. The lowest BCUT2D eigenvalue weighted by Crippen LogP contribution is -2.38. The highest BCUT2D eigenvalue weighted by atomic mass is 35.5. The molecule has 88 valence electrons. The molecule has 16 heavy (non-hydrogen) atoms. The standard InChI is InChI=1S/C13H19ClN2/c1-15(2)7-8-16-12(10-14)9-11-5-3-4-6-13(11)16/h3-6,12H,7-10H2,1-2H3. The van der Waals surface area contributed by atoms with E-state index in [9.17, 15) is 0 Å². The van der Waals surface area contributed by atoms with Crippen LogP contribution in [-0.2, 0) is 6.42 Å². The molecule has 0 N–H and O–H groups in total. The van der Waals surface area contributed by atoms with Gasteiger partial charge >= 0.3 is 0 Å². The predicted octanol–water partition coefficient (Wildman–Crippen LogP) is 2.22. The number of hydrogen-bond acceptors (Lipinski definition) is 2. The van der Waals surface area contributed by atoms with Crippen LogP contribution in [0.25, 0.3) is 0 Å². The van der Waals surface area contributed by atoms with E-state index in [1.807, 2.05) is 0 Å². The lowest BCUT2D eigenvalue weighted by Gasteiger charge is -2.27. The second-order valence-corrected chi connectivity index (χ2v) is 4.95. The Balaban J connectivity index is 2.14. The number of anilines is 1. The van der Waals surface area contributed by atoms with Crippen LogP contribution in [0.2, 0.25) is 0 Å². The molecule has 0 amide bonds. The zero-order valence-corrected chi connectivity index (χ0v) is 10.7. The first-order valence-electron chi connectivity index (χ1n) is 5.77. The molecule has 1 heterocycles. The van der Waals surface area contributed by atoms with Gasteiger partial charge in [0, 0.05) is 30.7 Å². The van der Waals surface area contributed by atoms with Gasteiger partial charge in [-0.3, -0.25) is 0 Å². The van der Waals surface area contributed by atoms with Crippen molar-refractivity contribution in [2.45, 2.75) is 12.5 Å². The summed E-state index contributed by atoms with van der Waals surface area (Å²) in [7, 11) is 4.22. The van der Waals surface area contributed by atoms with Crippen molar-refractivity contribution in [3.63, 3.8) is 0 Å². The third-order valence-electron chi connectivity index (χ3n) is 3.16. The monoisotopic (exact) mass is 238 g/mol. The first-order chi connectivity index (χ1) is 7.72. The van der Waals surface area contributed by atoms with Gasteiger partial charge in [0.1, 0.15) is 0 Å². The smallest absolute Gasteiger partial charge is 0.0467 e. The van der Waals surface area contributed by atoms with E-state index in [-0.39, 0.29) is 0 Å². The largest absolute Gasteiger partial charge is 0.366 e. The van der Waals surface area contributed by atoms with Gasteiger partial charge in [0.25, 0.3) is 0 Å². The summed E-state index contributed by atoms with van der Waals surface area (Å²) in [5.41, 5.74) is 2.81. The van der Waals surface area contributed by atoms with Crippen molar-refractivity contribution in [2.75, 3.05) is 38.0 Å². The fraction of sp³-hybridized carbons (Fsp3) is 0.538. The minimum atomic E-state index is 0.471. The molecule has 0 spiro atoms. The molecule has 0 radical (unpaired) electrons. The number of alkyl halides is 1. The van der Waals surface area contributed by atoms with Gasteiger partial charge in [-0.2, -0.15) is 0 Å². The van der Waals surface area contributed by atoms with Gasteiger partial charge in [-0.25, -0.2) is 0 Å². The van der Waals surface area contributed by atoms with Gasteiger partial charge in [0.05, 0.1) is 0 Å². The average Bonchev–Trinajstić information content (AvgIpc) is 2.64. The Hall–Kier alpha value is -0.730. The molecule has 0 bridgehead atoms. The minimum Gasteiger partial charge on any atom is -0.366 e. The van der Waals surface area contributed by atoms with Gasteiger partial charge in [-0.15, -0.1) is 11.6 Å². The quantitative estimate of drug-likeness (QED) is 0.743. The van der Waals surface area contributed by atoms with Crippen LogP contribution in [0.4, 0.5) is 5.69 Å². The number of halogens is 1. The molecule has 1 atom stereocenters. The average molecular weight is 239 g/mol. The molecule has 2 rings (SSSR count). The van der Waals surface area contributed by atoms with E-state index in [0.29, 0.717) is 11.9 Å². The zero-order chi connectivity index (χ0) is 11.5. The number of hydrogen-bond donors (Lipinski definition) is 0. The van der Waals surface area contributed by atoms with Crippen LogP contribution in [-0.4, -0.2) is 44.0 Å². The molecule has 2 nitrogen and oxygen atoms in total. The van der Waals surface area contributed by atoms with Crippen molar-refractivity contribution in [1.82, 2.24) is 4.90 Å². The molecule has 0 saturated heterocycles. The van der Waals surface area contributed by atoms with E-state index in [0.717, 1.165) is 19.5 Å². The summed E-state index contributed by atoms with van der Waals surface area (Å²) in [5, 5.41) is 0. The van der Waals surface area contributed by atoms with E-state index >= 15 is 0 Å². The highest BCUT2D eigenvalue weighted by molar-refractivity contribution is 6.18. The number of fused-ring (bicyclic) bond motifs is 1. The van der Waals surface area contributed by atoms with E-state index < -0.39 is 0 Å². The molecule has 0 fully saturated rings. The summed E-state index contributed by atoms with van der Waals surface area (Å²) in [5.74, 6) is 0.710. The van der Waals surface area contributed by atoms with Crippen LogP contribution in [0.1, 0.15) is 5.56 Å². The molecular formula is C13H19ClN2. The lowest BCUT2D eigenvalue weighted by molar-refractivity contribution is 0.409. The Kier molecular flexibility index (Phi) is 3.72. The number of likely N-dealkylation sites (N-methyl/N-ethyl adjacent to an activating group) is 1. The second kappa shape index (κ2) is 5.07. The molecule has 1 aliphatic rings. The van der Waals surface area contributed by atoms with Crippen molar-refractivity contribution >= 4 is 17.3 Å². The van der Waals surface area contributed by atoms with Crippen LogP contribution < -0.4 is 4.90 Å². The van der Waals surface area contributed by atoms with Crippen molar-refractivity contribution in [3.05, 3.63) is 29.8 Å². The molecule has 1 unspecified atom stereocenters. The number of benzene rings is 1. The molecule has 1 aromatic carbocycles. The van der Waals surface area contributed by atoms with Gasteiger partial charge in [-0.1, -0.05) is 18.2 Å². The molecular weight excluding hydrogens is 220 g/mol. The summed E-state index contributed by atoms with van der Waals surface area (Å²) < 4.78 is 0. The van der Waals surface area contributed by atoms with Gasteiger partial charge in [-0.05, 0) is 32.1 Å². The molecule has 0 saturated carbocycles. The third-order valence-corrected chi connectivity index (χ3v) is 3.52. The molecule has 0 aromatic heterocycles. The summed E-state index contributed by atoms with van der Waals surface area (Å²) in [6.07, 6.45) is 1.09. The maximum Gasteiger partial charge on any atom is 0.0467 e. The van der Waals surface area contributed by atoms with Crippen LogP contribution >= 0.6 is 11.6 Å². The Labute approximate surface area is 103 Å². The lowest BCUT2D eigenvalue weighted by atomic mass is 10.1. The van der Waals surface area contributed by atoms with E-state index in [4.69, 9.17) is 11.6 Å². The van der Waals surface area contributed by atoms with Crippen molar-refractivity contribution in [1.29, 1.82) is 0 Å². The van der Waals surface area contributed by atoms with E-state index in [2.05, 4.69) is 48.2 Å². The number of para-hydroxylation sites is 1. The second-order valence-electron chi connectivity index (χ2n) is 4.64. The van der Waals surface area contributed by atoms with Crippen molar-refractivity contribution in [2.24, 2.45) is 0 Å². The Morgan fingerprint density at radius 1 is 1.38 bits per heavy atom. The molecule has 3 heteroatoms. The van der Waals surface area contributed by atoms with Gasteiger partial charge in [0.15, 0.2) is 0 Å². The van der Waals surface area contributed by atoms with Gasteiger partial charge in [0.2, 0.25) is 0 Å². The Bertz CT molecular complexity index is 352. The third kappa shape index (κ3) is 2.33. The van der Waals surface area contributed by atoms with E-state index in [1.54, 1.807) is 0 Å². The highest BCUT2D eigenvalue weighted by Gasteiger charge is 2.27. The summed E-state index contributed by atoms with van der Waals surface area (Å²) in [4.78, 5) is 4.66. The fourth-order valence-corrected chi connectivity index (χ4v) is 2.55. The van der Waals surface area contributed by atoms with Crippen LogP contribution in [0, 0.1) is 0 Å². The molecule has 1 aromatic rings. The van der Waals surface area contributed by atoms with Crippen molar-refractivity contribution < 1.29 is 0 Å². The first kappa shape index (κ1) is 11.7. The van der Waals surface area contributed by atoms with Crippen LogP contribution in [0.15, 0.2) is 24.3 Å². The van der Waals surface area contributed by atoms with Crippen molar-refractivity contribution in [3.8, 4) is 0 Å². The zero-order valence-electron chi connectivity index (χ0n) is 9.99. The highest BCUT2D eigenvalue weighted by Crippen LogP contribution is 2.31. The SMILES string of the molecule is CN(C)CCN1c2ccccc2CC1CCl. The van der Waals surface area contributed by atoms with Gasteiger partial charge < -0.3 is 9.80 Å². The topological polar surface area (TPSA) is 6.48 Å². The Morgan fingerprint density at radius 2 is 2.12 bits per heavy atom. The summed E-state index contributed by atoms with van der Waals surface area (Å²) in [6.45, 7) is 2.13. The normalized spacial score (nSPS) is 19.2. The molecule has 1 aliphatic heterocycles. The summed E-state index contributed by atoms with van der Waals surface area (Å²) >= 11 is 6.05. The van der Waals surface area contributed by atoms with Crippen LogP contribution in [0.5, 0.6) is 0 Å². The maximum atomic E-state index is 6.05.